The molecule has 0 saturated carbocycles. The Labute approximate surface area is 250 Å². The molecule has 4 aliphatic heterocycles. The highest BCUT2D eigenvalue weighted by Gasteiger charge is 2.71. The van der Waals surface area contributed by atoms with Crippen LogP contribution in [0.3, 0.4) is 0 Å². The SMILES string of the molecule is CN1C[C@H](C(=O)N[C@]2(C)O[C@]3(O)C(C2=O)[C@@H](Cc2ccccc2)C(=O)N2CCC[C@H]23)C[C@@H]2c3cccc4[nH]cc(c34)C[C@H]21. The van der Waals surface area contributed by atoms with E-state index < -0.39 is 35.2 Å². The number of piperidine rings is 2. The molecule has 9 nitrogen and oxygen atoms in total. The second-order valence-corrected chi connectivity index (χ2v) is 13.5. The number of ketones is 1. The van der Waals surface area contributed by atoms with Crippen LogP contribution in [0.1, 0.15) is 48.8 Å². The average molecular weight is 583 g/mol. The van der Waals surface area contributed by atoms with Crippen LogP contribution >= 0.6 is 0 Å². The molecule has 1 aliphatic carbocycles. The van der Waals surface area contributed by atoms with Crippen LogP contribution in [0.4, 0.5) is 0 Å². The molecule has 8 atom stereocenters. The van der Waals surface area contributed by atoms with Gasteiger partial charge in [-0.3, -0.25) is 14.4 Å². The van der Waals surface area contributed by atoms with Gasteiger partial charge in [0, 0.05) is 42.1 Å². The molecular weight excluding hydrogens is 544 g/mol. The number of aromatic nitrogens is 1. The lowest BCUT2D eigenvalue weighted by Crippen LogP contribution is -2.64. The minimum absolute atomic E-state index is 0.121. The van der Waals surface area contributed by atoms with Crippen LogP contribution in [0, 0.1) is 17.8 Å². The van der Waals surface area contributed by atoms with Crippen LogP contribution in [0.25, 0.3) is 10.9 Å². The normalized spacial score (nSPS) is 36.9. The minimum Gasteiger partial charge on any atom is -0.363 e. The predicted molar refractivity (Wildman–Crippen MR) is 159 cm³/mol. The van der Waals surface area contributed by atoms with Crippen molar-refractivity contribution in [3.05, 3.63) is 71.4 Å². The molecule has 5 aliphatic rings. The number of likely N-dealkylation sites (N-methyl/N-ethyl adjacent to an activating group) is 1. The number of hydrogen-bond donors (Lipinski definition) is 3. The van der Waals surface area contributed by atoms with Gasteiger partial charge in [-0.2, -0.15) is 0 Å². The first-order chi connectivity index (χ1) is 20.7. The summed E-state index contributed by atoms with van der Waals surface area (Å²) in [6.45, 7) is 2.64. The van der Waals surface area contributed by atoms with E-state index in [0.29, 0.717) is 38.4 Å². The molecular formula is C34H38N4O5. The van der Waals surface area contributed by atoms with Crippen molar-refractivity contribution in [3.8, 4) is 0 Å². The van der Waals surface area contributed by atoms with Crippen molar-refractivity contribution in [2.75, 3.05) is 20.1 Å². The minimum atomic E-state index is -1.86. The summed E-state index contributed by atoms with van der Waals surface area (Å²) in [5.41, 5.74) is 2.88. The van der Waals surface area contributed by atoms with E-state index in [-0.39, 0.29) is 23.7 Å². The number of likely N-dealkylation sites (tertiary alicyclic amines) is 1. The molecule has 0 bridgehead atoms. The fraction of sp³-hybridized carbons (Fsp3) is 0.500. The first-order valence-corrected chi connectivity index (χ1v) is 15.6. The van der Waals surface area contributed by atoms with Crippen molar-refractivity contribution in [2.45, 2.75) is 68.5 Å². The predicted octanol–water partition coefficient (Wildman–Crippen LogP) is 2.73. The van der Waals surface area contributed by atoms with Gasteiger partial charge < -0.3 is 29.9 Å². The molecule has 3 aromatic rings. The Morgan fingerprint density at radius 1 is 1.16 bits per heavy atom. The Bertz CT molecular complexity index is 1640. The maximum Gasteiger partial charge on any atom is 0.227 e. The summed E-state index contributed by atoms with van der Waals surface area (Å²) in [5.74, 6) is -4.68. The summed E-state index contributed by atoms with van der Waals surface area (Å²) in [7, 11) is 2.07. The Morgan fingerprint density at radius 2 is 1.98 bits per heavy atom. The molecule has 9 heteroatoms. The number of aliphatic hydroxyl groups is 1. The van der Waals surface area contributed by atoms with E-state index in [4.69, 9.17) is 4.74 Å². The molecule has 1 aromatic heterocycles. The zero-order valence-electron chi connectivity index (χ0n) is 24.6. The monoisotopic (exact) mass is 582 g/mol. The van der Waals surface area contributed by atoms with Crippen molar-refractivity contribution < 1.29 is 24.2 Å². The van der Waals surface area contributed by atoms with E-state index in [1.807, 2.05) is 30.3 Å². The molecule has 0 spiro atoms. The highest BCUT2D eigenvalue weighted by Crippen LogP contribution is 2.52. The third kappa shape index (κ3) is 3.90. The van der Waals surface area contributed by atoms with Crippen molar-refractivity contribution >= 4 is 28.5 Å². The van der Waals surface area contributed by atoms with Gasteiger partial charge in [-0.1, -0.05) is 42.5 Å². The van der Waals surface area contributed by atoms with E-state index in [0.717, 1.165) is 23.9 Å². The van der Waals surface area contributed by atoms with E-state index >= 15 is 0 Å². The zero-order valence-corrected chi connectivity index (χ0v) is 24.6. The zero-order chi connectivity index (χ0) is 29.7. The van der Waals surface area contributed by atoms with Crippen LogP contribution in [-0.2, 0) is 32.0 Å². The van der Waals surface area contributed by atoms with Gasteiger partial charge >= 0.3 is 0 Å². The third-order valence-corrected chi connectivity index (χ3v) is 11.1. The van der Waals surface area contributed by atoms with Gasteiger partial charge in [0.2, 0.25) is 17.5 Å². The molecule has 8 rings (SSSR count). The Hall–Kier alpha value is -3.53. The molecule has 3 N–H and O–H groups in total. The lowest BCUT2D eigenvalue weighted by Gasteiger charge is -2.47. The van der Waals surface area contributed by atoms with E-state index in [9.17, 15) is 19.5 Å². The van der Waals surface area contributed by atoms with Crippen molar-refractivity contribution in [3.63, 3.8) is 0 Å². The van der Waals surface area contributed by atoms with E-state index in [1.54, 1.807) is 11.8 Å². The number of H-pyrrole nitrogens is 1. The highest BCUT2D eigenvalue weighted by molar-refractivity contribution is 6.00. The molecule has 2 aromatic carbocycles. The second kappa shape index (κ2) is 9.48. The fourth-order valence-electron chi connectivity index (χ4n) is 9.12. The third-order valence-electron chi connectivity index (χ3n) is 11.1. The standard InChI is InChI=1S/C34H38N4O5/c1-33(36-31(40)21-15-23-22-10-6-11-25-28(22)20(17-35-25)16-26(23)37(2)18-21)30(39)29-24(14-19-8-4-3-5-9-19)32(41)38-13-7-12-27(38)34(29,42)43-33/h3-6,8-11,17,21,23-24,26-27,29,35,42H,7,12-16,18H2,1-2H3,(H,36,40)/t21-,23-,24-,26-,27+,29?,33-,34+/m1/s1. The van der Waals surface area contributed by atoms with E-state index in [1.165, 1.54) is 16.5 Å². The lowest BCUT2D eigenvalue weighted by atomic mass is 9.71. The number of carbonyl (C=O) groups is 3. The number of aromatic amines is 1. The molecule has 2 amide bonds. The number of nitrogens with zero attached hydrogens (tertiary/aromatic N) is 2. The Balaban J connectivity index is 1.08. The van der Waals surface area contributed by atoms with Crippen molar-refractivity contribution in [2.24, 2.45) is 17.8 Å². The molecule has 1 unspecified atom stereocenters. The summed E-state index contributed by atoms with van der Waals surface area (Å²) in [4.78, 5) is 49.4. The van der Waals surface area contributed by atoms with Crippen LogP contribution in [0.15, 0.2) is 54.7 Å². The quantitative estimate of drug-likeness (QED) is 0.436. The summed E-state index contributed by atoms with van der Waals surface area (Å²) >= 11 is 0. The van der Waals surface area contributed by atoms with Gasteiger partial charge in [0.25, 0.3) is 0 Å². The largest absolute Gasteiger partial charge is 0.363 e. The number of hydrogen-bond acceptors (Lipinski definition) is 6. The second-order valence-electron chi connectivity index (χ2n) is 13.5. The molecule has 43 heavy (non-hydrogen) atoms. The summed E-state index contributed by atoms with van der Waals surface area (Å²) in [6.07, 6.45) is 5.29. The number of carbonyl (C=O) groups excluding carboxylic acids is 3. The first kappa shape index (κ1) is 27.0. The van der Waals surface area contributed by atoms with Crippen LogP contribution in [-0.4, -0.2) is 81.2 Å². The van der Waals surface area contributed by atoms with E-state index in [2.05, 4.69) is 46.6 Å². The van der Waals surface area contributed by atoms with Crippen LogP contribution in [0.5, 0.6) is 0 Å². The molecule has 0 radical (unpaired) electrons. The first-order valence-electron chi connectivity index (χ1n) is 15.6. The van der Waals surface area contributed by atoms with Crippen molar-refractivity contribution in [1.29, 1.82) is 0 Å². The maximum atomic E-state index is 14.3. The highest BCUT2D eigenvalue weighted by atomic mass is 16.7. The van der Waals surface area contributed by atoms with Gasteiger partial charge in [0.15, 0.2) is 11.6 Å². The summed E-state index contributed by atoms with van der Waals surface area (Å²) < 4.78 is 6.32. The van der Waals surface area contributed by atoms with Gasteiger partial charge in [-0.05, 0) is 68.8 Å². The summed E-state index contributed by atoms with van der Waals surface area (Å²) in [5, 5.41) is 16.4. The lowest BCUT2D eigenvalue weighted by molar-refractivity contribution is -0.281. The topological polar surface area (TPSA) is 115 Å². The maximum absolute atomic E-state index is 14.3. The van der Waals surface area contributed by atoms with Crippen LogP contribution in [0.2, 0.25) is 0 Å². The number of Topliss-reactive ketones (excluding diaryl/α,β-unsaturated/α-hetero) is 1. The molecule has 4 saturated heterocycles. The summed E-state index contributed by atoms with van der Waals surface area (Å²) in [6, 6.07) is 15.6. The number of fused-ring (bicyclic) bond motifs is 5. The molecule has 5 heterocycles. The van der Waals surface area contributed by atoms with Gasteiger partial charge in [0.05, 0.1) is 23.8 Å². The number of ether oxygens (including phenoxy) is 1. The smallest absolute Gasteiger partial charge is 0.227 e. The number of benzene rings is 2. The molecule has 4 fully saturated rings. The average Bonchev–Trinajstić information content (AvgIpc) is 3.70. The van der Waals surface area contributed by atoms with Gasteiger partial charge in [-0.15, -0.1) is 0 Å². The Morgan fingerprint density at radius 3 is 2.79 bits per heavy atom. The number of nitrogens with one attached hydrogen (secondary N) is 2. The fourth-order valence-corrected chi connectivity index (χ4v) is 9.12. The Kier molecular flexibility index (Phi) is 5.97. The number of amides is 2. The van der Waals surface area contributed by atoms with Crippen LogP contribution < -0.4 is 5.32 Å². The number of rotatable bonds is 4. The van der Waals surface area contributed by atoms with Gasteiger partial charge in [-0.25, -0.2) is 0 Å². The molecule has 224 valence electrons. The van der Waals surface area contributed by atoms with Crippen molar-refractivity contribution in [1.82, 2.24) is 20.1 Å². The van der Waals surface area contributed by atoms with Gasteiger partial charge in [0.1, 0.15) is 0 Å².